The summed E-state index contributed by atoms with van der Waals surface area (Å²) in [5, 5.41) is 7.53. The number of carbonyl (C=O) groups is 1. The highest BCUT2D eigenvalue weighted by atomic mass is 16.1. The topological polar surface area (TPSA) is 46.9 Å². The van der Waals surface area contributed by atoms with E-state index >= 15 is 0 Å². The SMILES string of the molecule is CCCNCC(=O)Cc1ccn(C(C)CC)n1. The lowest BCUT2D eigenvalue weighted by Crippen LogP contribution is -2.25. The second-order valence-electron chi connectivity index (χ2n) is 4.44. The molecule has 0 saturated heterocycles. The second-order valence-corrected chi connectivity index (χ2v) is 4.44. The molecule has 0 aliphatic rings. The fourth-order valence-corrected chi connectivity index (χ4v) is 1.57. The first-order valence-corrected chi connectivity index (χ1v) is 6.43. The Morgan fingerprint density at radius 3 is 2.94 bits per heavy atom. The van der Waals surface area contributed by atoms with Gasteiger partial charge in [-0.05, 0) is 32.4 Å². The number of Topliss-reactive ketones (excluding diaryl/α,β-unsaturated/α-hetero) is 1. The molecule has 17 heavy (non-hydrogen) atoms. The van der Waals surface area contributed by atoms with Gasteiger partial charge in [-0.1, -0.05) is 13.8 Å². The van der Waals surface area contributed by atoms with Crippen LogP contribution in [0.25, 0.3) is 0 Å². The van der Waals surface area contributed by atoms with E-state index in [9.17, 15) is 4.79 Å². The molecule has 4 nitrogen and oxygen atoms in total. The van der Waals surface area contributed by atoms with E-state index in [0.717, 1.165) is 25.1 Å². The summed E-state index contributed by atoms with van der Waals surface area (Å²) in [4.78, 5) is 11.6. The van der Waals surface area contributed by atoms with Crippen LogP contribution in [-0.2, 0) is 11.2 Å². The van der Waals surface area contributed by atoms with Crippen LogP contribution in [0.15, 0.2) is 12.3 Å². The highest BCUT2D eigenvalue weighted by Gasteiger charge is 2.08. The maximum atomic E-state index is 11.6. The lowest BCUT2D eigenvalue weighted by molar-refractivity contribution is -0.117. The van der Waals surface area contributed by atoms with Crippen LogP contribution >= 0.6 is 0 Å². The first kappa shape index (κ1) is 13.9. The largest absolute Gasteiger partial charge is 0.310 e. The summed E-state index contributed by atoms with van der Waals surface area (Å²) in [6.07, 6.45) is 4.49. The summed E-state index contributed by atoms with van der Waals surface area (Å²) in [7, 11) is 0. The molecule has 1 N–H and O–H groups in total. The monoisotopic (exact) mass is 237 g/mol. The van der Waals surface area contributed by atoms with E-state index < -0.39 is 0 Å². The number of hydrogen-bond donors (Lipinski definition) is 1. The van der Waals surface area contributed by atoms with Gasteiger partial charge in [-0.15, -0.1) is 0 Å². The van der Waals surface area contributed by atoms with Crippen LogP contribution in [0.1, 0.15) is 45.3 Å². The van der Waals surface area contributed by atoms with Crippen molar-refractivity contribution in [2.45, 2.75) is 46.1 Å². The molecule has 4 heteroatoms. The summed E-state index contributed by atoms with van der Waals surface area (Å²) < 4.78 is 1.93. The molecule has 1 aromatic heterocycles. The average Bonchev–Trinajstić information content (AvgIpc) is 2.77. The van der Waals surface area contributed by atoms with Crippen molar-refractivity contribution < 1.29 is 4.79 Å². The van der Waals surface area contributed by atoms with Crippen molar-refractivity contribution in [1.29, 1.82) is 0 Å². The van der Waals surface area contributed by atoms with Crippen LogP contribution in [0.3, 0.4) is 0 Å². The zero-order valence-electron chi connectivity index (χ0n) is 11.1. The number of nitrogens with zero attached hydrogens (tertiary/aromatic N) is 2. The van der Waals surface area contributed by atoms with Gasteiger partial charge in [0.05, 0.1) is 18.7 Å². The third-order valence-electron chi connectivity index (χ3n) is 2.83. The predicted molar refractivity (Wildman–Crippen MR) is 69.1 cm³/mol. The number of hydrogen-bond acceptors (Lipinski definition) is 3. The van der Waals surface area contributed by atoms with Crippen molar-refractivity contribution in [3.63, 3.8) is 0 Å². The van der Waals surface area contributed by atoms with Gasteiger partial charge in [0, 0.05) is 12.2 Å². The van der Waals surface area contributed by atoms with Gasteiger partial charge >= 0.3 is 0 Å². The molecule has 0 spiro atoms. The van der Waals surface area contributed by atoms with Gasteiger partial charge in [-0.3, -0.25) is 9.48 Å². The molecular formula is C13H23N3O. The van der Waals surface area contributed by atoms with Crippen LogP contribution in [0.5, 0.6) is 0 Å². The zero-order valence-corrected chi connectivity index (χ0v) is 11.1. The molecule has 1 unspecified atom stereocenters. The van der Waals surface area contributed by atoms with E-state index in [1.54, 1.807) is 0 Å². The highest BCUT2D eigenvalue weighted by Crippen LogP contribution is 2.09. The molecular weight excluding hydrogens is 214 g/mol. The lowest BCUT2D eigenvalue weighted by atomic mass is 10.2. The Bertz CT molecular complexity index is 346. The number of ketones is 1. The lowest BCUT2D eigenvalue weighted by Gasteiger charge is -2.08. The van der Waals surface area contributed by atoms with Crippen LogP contribution in [-0.4, -0.2) is 28.7 Å². The van der Waals surface area contributed by atoms with Crippen LogP contribution in [0, 0.1) is 0 Å². The van der Waals surface area contributed by atoms with Gasteiger partial charge in [0.2, 0.25) is 0 Å². The Kier molecular flexibility index (Phi) is 5.91. The number of rotatable bonds is 8. The number of aromatic nitrogens is 2. The molecule has 0 aromatic carbocycles. The quantitative estimate of drug-likeness (QED) is 0.703. The predicted octanol–water partition coefficient (Wildman–Crippen LogP) is 1.97. The minimum absolute atomic E-state index is 0.202. The van der Waals surface area contributed by atoms with Crippen molar-refractivity contribution in [3.05, 3.63) is 18.0 Å². The van der Waals surface area contributed by atoms with Crippen molar-refractivity contribution in [1.82, 2.24) is 15.1 Å². The molecule has 0 saturated carbocycles. The average molecular weight is 237 g/mol. The standard InChI is InChI=1S/C13H23N3O/c1-4-7-14-10-13(17)9-12-6-8-16(15-12)11(3)5-2/h6,8,11,14H,4-5,7,9-10H2,1-3H3. The van der Waals surface area contributed by atoms with E-state index in [4.69, 9.17) is 0 Å². The Morgan fingerprint density at radius 2 is 2.29 bits per heavy atom. The van der Waals surface area contributed by atoms with Gasteiger partial charge in [-0.2, -0.15) is 5.10 Å². The first-order valence-electron chi connectivity index (χ1n) is 6.43. The molecule has 0 aliphatic carbocycles. The fraction of sp³-hybridized carbons (Fsp3) is 0.692. The summed E-state index contributed by atoms with van der Waals surface area (Å²) in [6.45, 7) is 7.69. The Labute approximate surface area is 103 Å². The minimum atomic E-state index is 0.202. The summed E-state index contributed by atoms with van der Waals surface area (Å²) >= 11 is 0. The molecule has 0 fully saturated rings. The van der Waals surface area contributed by atoms with Crippen LogP contribution in [0.2, 0.25) is 0 Å². The molecule has 0 bridgehead atoms. The van der Waals surface area contributed by atoms with Crippen LogP contribution in [0.4, 0.5) is 0 Å². The zero-order chi connectivity index (χ0) is 12.7. The molecule has 96 valence electrons. The van der Waals surface area contributed by atoms with Gasteiger partial charge in [-0.25, -0.2) is 0 Å². The van der Waals surface area contributed by atoms with Crippen molar-refractivity contribution in [2.75, 3.05) is 13.1 Å². The van der Waals surface area contributed by atoms with Gasteiger partial charge < -0.3 is 5.32 Å². The Morgan fingerprint density at radius 1 is 1.53 bits per heavy atom. The highest BCUT2D eigenvalue weighted by molar-refractivity contribution is 5.82. The van der Waals surface area contributed by atoms with E-state index in [1.165, 1.54) is 0 Å². The molecule has 1 aromatic rings. The molecule has 1 atom stereocenters. The molecule has 0 radical (unpaired) electrons. The molecule has 1 heterocycles. The van der Waals surface area contributed by atoms with Crippen molar-refractivity contribution in [2.24, 2.45) is 0 Å². The van der Waals surface area contributed by atoms with Crippen molar-refractivity contribution in [3.8, 4) is 0 Å². The minimum Gasteiger partial charge on any atom is -0.310 e. The van der Waals surface area contributed by atoms with Gasteiger partial charge in [0.1, 0.15) is 0 Å². The molecule has 0 aliphatic heterocycles. The first-order chi connectivity index (χ1) is 8.17. The van der Waals surface area contributed by atoms with E-state index in [2.05, 4.69) is 31.2 Å². The normalized spacial score (nSPS) is 12.6. The van der Waals surface area contributed by atoms with E-state index in [-0.39, 0.29) is 5.78 Å². The number of carbonyl (C=O) groups excluding carboxylic acids is 1. The summed E-state index contributed by atoms with van der Waals surface area (Å²) in [6, 6.07) is 2.33. The molecule has 0 amide bonds. The van der Waals surface area contributed by atoms with Crippen LogP contribution < -0.4 is 5.32 Å². The summed E-state index contributed by atoms with van der Waals surface area (Å²) in [5.41, 5.74) is 0.869. The smallest absolute Gasteiger partial charge is 0.152 e. The molecule has 1 rings (SSSR count). The third kappa shape index (κ3) is 4.69. The maximum Gasteiger partial charge on any atom is 0.152 e. The third-order valence-corrected chi connectivity index (χ3v) is 2.83. The van der Waals surface area contributed by atoms with E-state index in [0.29, 0.717) is 19.0 Å². The maximum absolute atomic E-state index is 11.6. The Balaban J connectivity index is 2.40. The number of nitrogens with one attached hydrogen (secondary N) is 1. The Hall–Kier alpha value is -1.16. The summed E-state index contributed by atoms with van der Waals surface area (Å²) in [5.74, 6) is 0.202. The second kappa shape index (κ2) is 7.22. The fourth-order valence-electron chi connectivity index (χ4n) is 1.57. The van der Waals surface area contributed by atoms with E-state index in [1.807, 2.05) is 16.9 Å². The van der Waals surface area contributed by atoms with Crippen molar-refractivity contribution >= 4 is 5.78 Å². The van der Waals surface area contributed by atoms with Gasteiger partial charge in [0.25, 0.3) is 0 Å². The van der Waals surface area contributed by atoms with Gasteiger partial charge in [0.15, 0.2) is 5.78 Å².